The molecular formula is C13H15ClF3N3. The Morgan fingerprint density at radius 3 is 2.35 bits per heavy atom. The number of benzene rings is 1. The third kappa shape index (κ3) is 3.43. The quantitative estimate of drug-likeness (QED) is 0.685. The lowest BCUT2D eigenvalue weighted by atomic mass is 10.1. The molecule has 0 radical (unpaired) electrons. The Hall–Kier alpha value is -1.27. The van der Waals surface area contributed by atoms with Gasteiger partial charge in [0.05, 0.1) is 0 Å². The summed E-state index contributed by atoms with van der Waals surface area (Å²) in [4.78, 5) is 2.73. The van der Waals surface area contributed by atoms with Crippen LogP contribution in [0.5, 0.6) is 0 Å². The molecule has 0 aromatic heterocycles. The molecule has 0 spiro atoms. The topological polar surface area (TPSA) is 27.6 Å². The van der Waals surface area contributed by atoms with Crippen molar-refractivity contribution < 1.29 is 13.2 Å². The van der Waals surface area contributed by atoms with E-state index in [1.165, 1.54) is 5.01 Å². The Morgan fingerprint density at radius 2 is 1.85 bits per heavy atom. The van der Waals surface area contributed by atoms with Crippen LogP contribution in [0.1, 0.15) is 19.4 Å². The van der Waals surface area contributed by atoms with E-state index in [2.05, 4.69) is 10.4 Å². The molecule has 20 heavy (non-hydrogen) atoms. The molecule has 0 fully saturated rings. The van der Waals surface area contributed by atoms with Crippen molar-refractivity contribution >= 4 is 17.4 Å². The van der Waals surface area contributed by atoms with Crippen LogP contribution in [0.25, 0.3) is 0 Å². The van der Waals surface area contributed by atoms with Gasteiger partial charge in [-0.05, 0) is 19.4 Å². The van der Waals surface area contributed by atoms with Gasteiger partial charge in [-0.3, -0.25) is 5.43 Å². The molecule has 1 atom stereocenters. The zero-order valence-corrected chi connectivity index (χ0v) is 11.8. The van der Waals surface area contributed by atoms with E-state index in [1.54, 1.807) is 13.8 Å². The smallest absolute Gasteiger partial charge is 0.296 e. The third-order valence-corrected chi connectivity index (χ3v) is 3.09. The molecule has 1 heterocycles. The summed E-state index contributed by atoms with van der Waals surface area (Å²) in [5.74, 6) is -1.01. The number of hydrazine groups is 1. The van der Waals surface area contributed by atoms with Crippen LogP contribution in [-0.4, -0.2) is 28.2 Å². The number of hydrogen-bond donors (Lipinski definition) is 1. The highest BCUT2D eigenvalue weighted by atomic mass is 35.5. The number of amidine groups is 1. The summed E-state index contributed by atoms with van der Waals surface area (Å²) in [6, 6.07) is 9.22. The molecule has 1 aliphatic rings. The molecule has 1 aromatic rings. The average Bonchev–Trinajstić information content (AvgIpc) is 2.74. The zero-order valence-electron chi connectivity index (χ0n) is 11.1. The lowest BCUT2D eigenvalue weighted by molar-refractivity contribution is -0.0640. The highest BCUT2D eigenvalue weighted by Gasteiger charge is 2.46. The molecule has 7 heteroatoms. The highest BCUT2D eigenvalue weighted by molar-refractivity contribution is 6.23. The molecule has 0 aliphatic carbocycles. The van der Waals surface area contributed by atoms with Gasteiger partial charge in [0.1, 0.15) is 11.2 Å². The number of nitrogens with one attached hydrogen (secondary N) is 1. The Balaban J connectivity index is 2.24. The third-order valence-electron chi connectivity index (χ3n) is 2.90. The normalized spacial score (nSPS) is 20.7. The fourth-order valence-electron chi connectivity index (χ4n) is 2.01. The number of halogens is 4. The van der Waals surface area contributed by atoms with Crippen molar-refractivity contribution in [3.8, 4) is 0 Å². The zero-order chi connectivity index (χ0) is 15.0. The lowest BCUT2D eigenvalue weighted by Gasteiger charge is -2.33. The minimum absolute atomic E-state index is 0.351. The summed E-state index contributed by atoms with van der Waals surface area (Å²) in [6.45, 7) is 3.24. The minimum atomic E-state index is -4.51. The molecule has 110 valence electrons. The van der Waals surface area contributed by atoms with E-state index in [-0.39, 0.29) is 0 Å². The van der Waals surface area contributed by atoms with Crippen molar-refractivity contribution in [1.82, 2.24) is 10.4 Å². The summed E-state index contributed by atoms with van der Waals surface area (Å²) in [6.07, 6.45) is -4.85. The maximum atomic E-state index is 12.8. The average molecular weight is 306 g/mol. The van der Waals surface area contributed by atoms with Gasteiger partial charge in [0, 0.05) is 6.42 Å². The van der Waals surface area contributed by atoms with E-state index >= 15 is 0 Å². The van der Waals surface area contributed by atoms with Gasteiger partial charge >= 0.3 is 6.18 Å². The number of rotatable bonds is 3. The molecular weight excluding hydrogens is 291 g/mol. The van der Waals surface area contributed by atoms with E-state index in [0.29, 0.717) is 6.42 Å². The maximum Gasteiger partial charge on any atom is 0.450 e. The molecule has 1 aromatic carbocycles. The highest BCUT2D eigenvalue weighted by Crippen LogP contribution is 2.29. The van der Waals surface area contributed by atoms with Gasteiger partial charge in [-0.1, -0.05) is 30.3 Å². The Bertz CT molecular complexity index is 494. The van der Waals surface area contributed by atoms with E-state index in [9.17, 15) is 13.2 Å². The first-order valence-electron chi connectivity index (χ1n) is 6.12. The van der Waals surface area contributed by atoms with Crippen LogP contribution in [0.15, 0.2) is 35.3 Å². The minimum Gasteiger partial charge on any atom is -0.296 e. The molecule has 1 aliphatic heterocycles. The van der Waals surface area contributed by atoms with E-state index < -0.39 is 23.2 Å². The number of nitrogens with zero attached hydrogens (tertiary/aromatic N) is 2. The molecule has 1 unspecified atom stereocenters. The lowest BCUT2D eigenvalue weighted by Crippen LogP contribution is -2.53. The second-order valence-corrected chi connectivity index (χ2v) is 5.96. The first kappa shape index (κ1) is 15.1. The molecule has 0 saturated heterocycles. The monoisotopic (exact) mass is 305 g/mol. The van der Waals surface area contributed by atoms with Gasteiger partial charge in [-0.2, -0.15) is 18.2 Å². The van der Waals surface area contributed by atoms with Gasteiger partial charge in [-0.25, -0.2) is 4.99 Å². The molecule has 0 amide bonds. The van der Waals surface area contributed by atoms with E-state index in [0.717, 1.165) is 5.56 Å². The largest absolute Gasteiger partial charge is 0.450 e. The molecule has 0 bridgehead atoms. The Kier molecular flexibility index (Phi) is 3.97. The van der Waals surface area contributed by atoms with Gasteiger partial charge in [0.15, 0.2) is 0 Å². The Morgan fingerprint density at radius 1 is 1.25 bits per heavy atom. The predicted molar refractivity (Wildman–Crippen MR) is 72.3 cm³/mol. The second kappa shape index (κ2) is 5.26. The van der Waals surface area contributed by atoms with Crippen LogP contribution < -0.4 is 5.43 Å². The number of alkyl halides is 4. The number of aliphatic imine (C=N–C) groups is 1. The first-order valence-corrected chi connectivity index (χ1v) is 6.49. The van der Waals surface area contributed by atoms with Crippen molar-refractivity contribution in [3.63, 3.8) is 0 Å². The maximum absolute atomic E-state index is 12.8. The van der Waals surface area contributed by atoms with Crippen LogP contribution >= 0.6 is 11.6 Å². The van der Waals surface area contributed by atoms with Crippen LogP contribution in [0.3, 0.4) is 0 Å². The fraction of sp³-hybridized carbons (Fsp3) is 0.462. The molecule has 1 N–H and O–H groups in total. The van der Waals surface area contributed by atoms with Crippen molar-refractivity contribution in [1.29, 1.82) is 0 Å². The number of hydrogen-bond acceptors (Lipinski definition) is 3. The van der Waals surface area contributed by atoms with E-state index in [1.807, 2.05) is 30.3 Å². The Labute approximate surface area is 120 Å². The van der Waals surface area contributed by atoms with Crippen molar-refractivity contribution in [2.45, 2.75) is 37.6 Å². The van der Waals surface area contributed by atoms with Crippen molar-refractivity contribution in [2.75, 3.05) is 0 Å². The van der Waals surface area contributed by atoms with Crippen LogP contribution in [0, 0.1) is 0 Å². The summed E-state index contributed by atoms with van der Waals surface area (Å²) in [7, 11) is 0. The van der Waals surface area contributed by atoms with Gasteiger partial charge < -0.3 is 0 Å². The SMILES string of the molecule is CC(C)(Cl)N1NC(C(F)(F)F)=NC1Cc1ccccc1. The molecule has 0 saturated carbocycles. The predicted octanol–water partition coefficient (Wildman–Crippen LogP) is 3.31. The molecule has 2 rings (SSSR count). The van der Waals surface area contributed by atoms with Crippen LogP contribution in [0.2, 0.25) is 0 Å². The fourth-order valence-corrected chi connectivity index (χ4v) is 2.16. The van der Waals surface area contributed by atoms with E-state index in [4.69, 9.17) is 11.6 Å². The van der Waals surface area contributed by atoms with Crippen molar-refractivity contribution in [2.24, 2.45) is 4.99 Å². The first-order chi connectivity index (χ1) is 9.18. The van der Waals surface area contributed by atoms with Crippen molar-refractivity contribution in [3.05, 3.63) is 35.9 Å². The van der Waals surface area contributed by atoms with Gasteiger partial charge in [0.25, 0.3) is 0 Å². The standard InChI is InChI=1S/C13H15ClF3N3/c1-12(2,14)20-10(8-9-6-4-3-5-7-9)18-11(19-20)13(15,16)17/h3-7,10H,8H2,1-2H3,(H,18,19). The summed E-state index contributed by atoms with van der Waals surface area (Å²) >= 11 is 6.14. The summed E-state index contributed by atoms with van der Waals surface area (Å²) < 4.78 is 38.3. The van der Waals surface area contributed by atoms with Crippen LogP contribution in [0.4, 0.5) is 13.2 Å². The summed E-state index contributed by atoms with van der Waals surface area (Å²) in [5, 5.41) is 1.32. The second-order valence-electron chi connectivity index (χ2n) is 5.04. The van der Waals surface area contributed by atoms with Crippen LogP contribution in [-0.2, 0) is 6.42 Å². The molecule has 3 nitrogen and oxygen atoms in total. The van der Waals surface area contributed by atoms with Gasteiger partial charge in [0.2, 0.25) is 5.84 Å². The summed E-state index contributed by atoms with van der Waals surface area (Å²) in [5.41, 5.74) is 3.17. The van der Waals surface area contributed by atoms with Gasteiger partial charge in [-0.15, -0.1) is 11.6 Å².